The molecule has 3 N–H and O–H groups in total. The number of carboxylic acid groups (broad SMARTS) is 1. The van der Waals surface area contributed by atoms with Crippen molar-refractivity contribution in [3.05, 3.63) is 11.9 Å². The number of hydrogen-bond acceptors (Lipinski definition) is 5. The van der Waals surface area contributed by atoms with E-state index in [-0.39, 0.29) is 18.8 Å². The minimum atomic E-state index is -1.02. The Labute approximate surface area is 79.3 Å². The first kappa shape index (κ1) is 11.3. The first-order valence-corrected chi connectivity index (χ1v) is 3.68. The number of nitrogens with zero attached hydrogens (tertiary/aromatic N) is 2. The molecule has 0 aliphatic carbocycles. The van der Waals surface area contributed by atoms with Crippen LogP contribution in [0.25, 0.3) is 0 Å². The van der Waals surface area contributed by atoms with Crippen molar-refractivity contribution < 1.29 is 9.90 Å². The lowest BCUT2D eigenvalue weighted by Gasteiger charge is -2.00. The molecular weight excluding hydrogens is 202 g/mol. The predicted octanol–water partition coefficient (Wildman–Crippen LogP) is -0.0857. The van der Waals surface area contributed by atoms with Gasteiger partial charge in [-0.1, -0.05) is 0 Å². The number of halogens is 1. The third-order valence-corrected chi connectivity index (χ3v) is 1.67. The molecule has 1 heterocycles. The molecule has 68 valence electrons. The Kier molecular flexibility index (Phi) is 4.72. The van der Waals surface area contributed by atoms with Crippen molar-refractivity contribution in [1.29, 1.82) is 0 Å². The second-order valence-electron chi connectivity index (χ2n) is 2.05. The van der Waals surface area contributed by atoms with E-state index in [1.165, 1.54) is 6.20 Å². The van der Waals surface area contributed by atoms with Crippen LogP contribution in [0, 0.1) is 0 Å². The van der Waals surface area contributed by atoms with Gasteiger partial charge in [0.05, 0.1) is 23.6 Å². The van der Waals surface area contributed by atoms with Crippen LogP contribution in [0.1, 0.15) is 5.69 Å². The highest BCUT2D eigenvalue weighted by Gasteiger charge is 2.12. The van der Waals surface area contributed by atoms with Gasteiger partial charge in [0.15, 0.2) is 0 Å². The molecule has 1 unspecified atom stereocenters. The molecule has 1 aromatic heterocycles. The summed E-state index contributed by atoms with van der Waals surface area (Å²) in [5, 5.41) is 8.41. The minimum absolute atomic E-state index is 0. The minimum Gasteiger partial charge on any atom is -0.480 e. The van der Waals surface area contributed by atoms with E-state index in [1.54, 1.807) is 0 Å². The van der Waals surface area contributed by atoms with E-state index in [0.717, 1.165) is 11.7 Å². The Balaban J connectivity index is 0.00000121. The zero-order valence-electron chi connectivity index (χ0n) is 6.01. The smallest absolute Gasteiger partial charge is 0.320 e. The van der Waals surface area contributed by atoms with Gasteiger partial charge in [-0.3, -0.25) is 4.79 Å². The topological polar surface area (TPSA) is 89.1 Å². The summed E-state index contributed by atoms with van der Waals surface area (Å²) in [6, 6.07) is -0.876. The number of nitrogens with two attached hydrogens (primary N) is 1. The van der Waals surface area contributed by atoms with Gasteiger partial charge in [-0.2, -0.15) is 8.75 Å². The van der Waals surface area contributed by atoms with Gasteiger partial charge in [0, 0.05) is 6.42 Å². The molecule has 0 bridgehead atoms. The fraction of sp³-hybridized carbons (Fsp3) is 0.400. The maximum atomic E-state index is 10.3. The third-order valence-electron chi connectivity index (χ3n) is 1.15. The van der Waals surface area contributed by atoms with Crippen molar-refractivity contribution in [1.82, 2.24) is 8.75 Å². The Morgan fingerprint density at radius 2 is 2.50 bits per heavy atom. The van der Waals surface area contributed by atoms with Gasteiger partial charge in [-0.05, 0) is 0 Å². The summed E-state index contributed by atoms with van der Waals surface area (Å²) in [5.74, 6) is -1.02. The van der Waals surface area contributed by atoms with Gasteiger partial charge in [0.25, 0.3) is 0 Å². The first-order chi connectivity index (χ1) is 5.20. The number of hydrogen-bond donors (Lipinski definition) is 2. The second-order valence-corrected chi connectivity index (χ2v) is 2.60. The maximum Gasteiger partial charge on any atom is 0.320 e. The number of carbonyl (C=O) groups is 1. The zero-order chi connectivity index (χ0) is 8.27. The van der Waals surface area contributed by atoms with Crippen LogP contribution in [0.15, 0.2) is 6.20 Å². The highest BCUT2D eigenvalue weighted by atomic mass is 35.5. The molecule has 5 nitrogen and oxygen atoms in total. The molecule has 0 aromatic carbocycles. The van der Waals surface area contributed by atoms with Crippen LogP contribution in [0.2, 0.25) is 0 Å². The van der Waals surface area contributed by atoms with Crippen LogP contribution in [0.5, 0.6) is 0 Å². The zero-order valence-corrected chi connectivity index (χ0v) is 7.64. The molecule has 0 saturated carbocycles. The Morgan fingerprint density at radius 1 is 1.83 bits per heavy atom. The van der Waals surface area contributed by atoms with Crippen LogP contribution in [0.4, 0.5) is 0 Å². The summed E-state index contributed by atoms with van der Waals surface area (Å²) in [6.45, 7) is 0. The monoisotopic (exact) mass is 209 g/mol. The maximum absolute atomic E-state index is 10.3. The molecule has 0 aliphatic heterocycles. The lowest BCUT2D eigenvalue weighted by atomic mass is 10.2. The standard InChI is InChI=1S/C5H7N3O2S.ClH/c6-4(5(9)10)1-3-2-7-11-8-3;/h2,4H,1,6H2,(H,9,10);1H. The number of carboxylic acids is 1. The number of aromatic nitrogens is 2. The molecule has 0 aliphatic rings. The van der Waals surface area contributed by atoms with Crippen LogP contribution < -0.4 is 5.73 Å². The molecule has 12 heavy (non-hydrogen) atoms. The molecular formula is C5H8ClN3O2S. The summed E-state index contributed by atoms with van der Waals surface area (Å²) in [7, 11) is 0. The first-order valence-electron chi connectivity index (χ1n) is 2.95. The molecule has 0 spiro atoms. The molecule has 0 radical (unpaired) electrons. The Hall–Kier alpha value is -0.720. The van der Waals surface area contributed by atoms with Crippen LogP contribution >= 0.6 is 24.1 Å². The molecule has 1 aromatic rings. The number of rotatable bonds is 3. The van der Waals surface area contributed by atoms with E-state index >= 15 is 0 Å². The van der Waals surface area contributed by atoms with Crippen molar-refractivity contribution in [3.63, 3.8) is 0 Å². The van der Waals surface area contributed by atoms with E-state index in [0.29, 0.717) is 5.69 Å². The summed E-state index contributed by atoms with van der Waals surface area (Å²) in [6.07, 6.45) is 1.76. The molecule has 7 heteroatoms. The van der Waals surface area contributed by atoms with Crippen molar-refractivity contribution in [2.45, 2.75) is 12.5 Å². The highest BCUT2D eigenvalue weighted by Crippen LogP contribution is 1.98. The average molecular weight is 210 g/mol. The Morgan fingerprint density at radius 3 is 2.92 bits per heavy atom. The largest absolute Gasteiger partial charge is 0.480 e. The van der Waals surface area contributed by atoms with E-state index in [9.17, 15) is 4.79 Å². The fourth-order valence-electron chi connectivity index (χ4n) is 0.587. The lowest BCUT2D eigenvalue weighted by molar-refractivity contribution is -0.138. The van der Waals surface area contributed by atoms with Gasteiger partial charge in [0.2, 0.25) is 0 Å². The van der Waals surface area contributed by atoms with Gasteiger partial charge < -0.3 is 10.8 Å². The fourth-order valence-corrected chi connectivity index (χ4v) is 1.03. The van der Waals surface area contributed by atoms with Crippen molar-refractivity contribution >= 4 is 30.1 Å². The van der Waals surface area contributed by atoms with Crippen LogP contribution in [-0.2, 0) is 11.2 Å². The van der Waals surface area contributed by atoms with Gasteiger partial charge in [0.1, 0.15) is 6.04 Å². The summed E-state index contributed by atoms with van der Waals surface area (Å²) >= 11 is 1.04. The second kappa shape index (κ2) is 5.02. The van der Waals surface area contributed by atoms with Gasteiger partial charge >= 0.3 is 5.97 Å². The van der Waals surface area contributed by atoms with E-state index in [4.69, 9.17) is 10.8 Å². The molecule has 0 saturated heterocycles. The summed E-state index contributed by atoms with van der Waals surface area (Å²) in [5.41, 5.74) is 5.87. The number of aliphatic carboxylic acids is 1. The van der Waals surface area contributed by atoms with Crippen LogP contribution in [-0.4, -0.2) is 25.9 Å². The summed E-state index contributed by atoms with van der Waals surface area (Å²) in [4.78, 5) is 10.3. The quantitative estimate of drug-likeness (QED) is 0.727. The van der Waals surface area contributed by atoms with Crippen molar-refractivity contribution in [3.8, 4) is 0 Å². The molecule has 0 amide bonds. The van der Waals surface area contributed by atoms with E-state index in [1.807, 2.05) is 0 Å². The van der Waals surface area contributed by atoms with E-state index < -0.39 is 12.0 Å². The lowest BCUT2D eigenvalue weighted by Crippen LogP contribution is -2.32. The van der Waals surface area contributed by atoms with Gasteiger partial charge in [-0.25, -0.2) is 0 Å². The van der Waals surface area contributed by atoms with E-state index in [2.05, 4.69) is 8.75 Å². The predicted molar refractivity (Wildman–Crippen MR) is 46.5 cm³/mol. The highest BCUT2D eigenvalue weighted by molar-refractivity contribution is 6.99. The normalized spacial score (nSPS) is 11.8. The van der Waals surface area contributed by atoms with Crippen molar-refractivity contribution in [2.75, 3.05) is 0 Å². The SMILES string of the molecule is Cl.NC(Cc1cnsn1)C(=O)O. The molecule has 0 fully saturated rings. The van der Waals surface area contributed by atoms with Crippen LogP contribution in [0.3, 0.4) is 0 Å². The summed E-state index contributed by atoms with van der Waals surface area (Å²) < 4.78 is 7.54. The molecule has 1 rings (SSSR count). The third kappa shape index (κ3) is 3.12. The molecule has 1 atom stereocenters. The average Bonchev–Trinajstić information content (AvgIpc) is 2.39. The van der Waals surface area contributed by atoms with Gasteiger partial charge in [-0.15, -0.1) is 12.4 Å². The Bertz CT molecular complexity index is 241. The van der Waals surface area contributed by atoms with Crippen molar-refractivity contribution in [2.24, 2.45) is 5.73 Å².